The lowest BCUT2D eigenvalue weighted by Gasteiger charge is -2.24. The summed E-state index contributed by atoms with van der Waals surface area (Å²) in [5.74, 6) is -0.708. The fraction of sp³-hybridized carbons (Fsp3) is 0.310. The minimum atomic E-state index is -1.03. The number of hydrogen-bond donors (Lipinski definition) is 1. The Hall–Kier alpha value is -4.18. The van der Waals surface area contributed by atoms with Gasteiger partial charge in [0.2, 0.25) is 0 Å². The van der Waals surface area contributed by atoms with Crippen molar-refractivity contribution in [3.63, 3.8) is 0 Å². The van der Waals surface area contributed by atoms with Gasteiger partial charge in [0.1, 0.15) is 11.5 Å². The number of anilines is 1. The van der Waals surface area contributed by atoms with Crippen molar-refractivity contribution in [2.75, 3.05) is 24.7 Å². The van der Waals surface area contributed by atoms with Crippen LogP contribution in [-0.2, 0) is 9.59 Å². The molecule has 1 saturated heterocycles. The molecule has 4 rings (SSSR count). The molecular formula is C29H30N2O7S. The van der Waals surface area contributed by atoms with Crippen molar-refractivity contribution < 1.29 is 33.7 Å². The van der Waals surface area contributed by atoms with Gasteiger partial charge in [0, 0.05) is 12.5 Å². The number of aliphatic hydroxyl groups excluding tert-OH is 1. The van der Waals surface area contributed by atoms with Crippen molar-refractivity contribution in [2.45, 2.75) is 40.7 Å². The minimum Gasteiger partial charge on any atom is -0.507 e. The SMILES string of the molecule is CCOc1ccc(/C(O)=C2\C(=O)C(=O)N(c3nc(C)c(C(C)=O)s3)C2c2ccc(OCC)c(OCC)c2)cc1. The summed E-state index contributed by atoms with van der Waals surface area (Å²) in [5, 5.41) is 11.6. The van der Waals surface area contributed by atoms with Gasteiger partial charge in [-0.25, -0.2) is 4.98 Å². The second-order valence-corrected chi connectivity index (χ2v) is 9.64. The number of aromatic nitrogens is 1. The van der Waals surface area contributed by atoms with E-state index in [1.54, 1.807) is 49.4 Å². The Kier molecular flexibility index (Phi) is 8.35. The topological polar surface area (TPSA) is 115 Å². The predicted octanol–water partition coefficient (Wildman–Crippen LogP) is 5.48. The number of carbonyl (C=O) groups is 3. The third-order valence-corrected chi connectivity index (χ3v) is 7.34. The quantitative estimate of drug-likeness (QED) is 0.153. The summed E-state index contributed by atoms with van der Waals surface area (Å²) in [6.45, 7) is 9.90. The lowest BCUT2D eigenvalue weighted by atomic mass is 9.95. The smallest absolute Gasteiger partial charge is 0.301 e. The first-order valence-corrected chi connectivity index (χ1v) is 13.4. The standard InChI is InChI=1S/C29H30N2O7S/c1-6-36-20-12-9-18(10-13-20)25(33)23-24(19-11-14-21(37-7-2)22(15-19)38-8-3)31(28(35)26(23)34)29-30-16(4)27(39-29)17(5)32/h9-15,24,33H,6-8H2,1-5H3/b25-23+. The Labute approximate surface area is 230 Å². The molecule has 2 aromatic carbocycles. The first kappa shape index (κ1) is 27.8. The van der Waals surface area contributed by atoms with Crippen LogP contribution in [0.25, 0.3) is 5.76 Å². The molecule has 1 fully saturated rings. The number of hydrogen-bond acceptors (Lipinski definition) is 9. The molecule has 1 aromatic heterocycles. The van der Waals surface area contributed by atoms with Crippen molar-refractivity contribution in [2.24, 2.45) is 0 Å². The van der Waals surface area contributed by atoms with Gasteiger partial charge in [-0.3, -0.25) is 19.3 Å². The molecule has 0 spiro atoms. The van der Waals surface area contributed by atoms with Crippen LogP contribution in [0.2, 0.25) is 0 Å². The lowest BCUT2D eigenvalue weighted by Crippen LogP contribution is -2.29. The number of carbonyl (C=O) groups excluding carboxylic acids is 3. The van der Waals surface area contributed by atoms with Crippen LogP contribution in [0.5, 0.6) is 17.2 Å². The van der Waals surface area contributed by atoms with Gasteiger partial charge >= 0.3 is 5.91 Å². The molecule has 1 N–H and O–H groups in total. The van der Waals surface area contributed by atoms with Gasteiger partial charge in [-0.1, -0.05) is 17.4 Å². The summed E-state index contributed by atoms with van der Waals surface area (Å²) in [6.07, 6.45) is 0. The zero-order chi connectivity index (χ0) is 28.3. The molecule has 9 nitrogen and oxygen atoms in total. The van der Waals surface area contributed by atoms with E-state index in [0.717, 1.165) is 11.3 Å². The molecule has 0 aliphatic carbocycles. The third kappa shape index (κ3) is 5.37. The summed E-state index contributed by atoms with van der Waals surface area (Å²) < 4.78 is 17.0. The number of benzene rings is 2. The Bertz CT molecular complexity index is 1440. The highest BCUT2D eigenvalue weighted by molar-refractivity contribution is 7.18. The van der Waals surface area contributed by atoms with Gasteiger partial charge in [-0.15, -0.1) is 0 Å². The van der Waals surface area contributed by atoms with E-state index in [-0.39, 0.29) is 22.2 Å². The molecule has 1 aliphatic heterocycles. The molecule has 10 heteroatoms. The van der Waals surface area contributed by atoms with E-state index in [1.165, 1.54) is 11.8 Å². The molecule has 3 aromatic rings. The fourth-order valence-electron chi connectivity index (χ4n) is 4.43. The van der Waals surface area contributed by atoms with E-state index in [0.29, 0.717) is 58.8 Å². The van der Waals surface area contributed by atoms with Gasteiger partial charge in [-0.2, -0.15) is 0 Å². The summed E-state index contributed by atoms with van der Waals surface area (Å²) in [5.41, 5.74) is 1.20. The van der Waals surface area contributed by atoms with Crippen LogP contribution in [0.15, 0.2) is 48.0 Å². The zero-order valence-corrected chi connectivity index (χ0v) is 23.3. The molecule has 1 unspecified atom stereocenters. The minimum absolute atomic E-state index is 0.104. The van der Waals surface area contributed by atoms with E-state index in [1.807, 2.05) is 20.8 Å². The number of Topliss-reactive ketones (excluding diaryl/α,β-unsaturated/α-hetero) is 2. The van der Waals surface area contributed by atoms with Crippen LogP contribution in [0.3, 0.4) is 0 Å². The largest absolute Gasteiger partial charge is 0.507 e. The van der Waals surface area contributed by atoms with Crippen LogP contribution in [0, 0.1) is 6.92 Å². The highest BCUT2D eigenvalue weighted by Crippen LogP contribution is 2.45. The first-order valence-electron chi connectivity index (χ1n) is 12.6. The Morgan fingerprint density at radius 1 is 0.974 bits per heavy atom. The van der Waals surface area contributed by atoms with Gasteiger partial charge in [0.25, 0.3) is 5.78 Å². The van der Waals surface area contributed by atoms with E-state index < -0.39 is 17.7 Å². The number of rotatable bonds is 10. The highest BCUT2D eigenvalue weighted by atomic mass is 32.1. The molecule has 1 aliphatic rings. The number of aryl methyl sites for hydroxylation is 1. The van der Waals surface area contributed by atoms with Crippen molar-refractivity contribution in [1.82, 2.24) is 4.98 Å². The fourth-order valence-corrected chi connectivity index (χ4v) is 5.41. The number of ketones is 2. The van der Waals surface area contributed by atoms with Crippen LogP contribution in [0.4, 0.5) is 5.13 Å². The van der Waals surface area contributed by atoms with Crippen molar-refractivity contribution in [1.29, 1.82) is 0 Å². The summed E-state index contributed by atoms with van der Waals surface area (Å²) in [4.78, 5) is 45.2. The number of amides is 1. The van der Waals surface area contributed by atoms with Gasteiger partial charge in [-0.05, 0) is 69.7 Å². The average molecular weight is 551 g/mol. The second-order valence-electron chi connectivity index (χ2n) is 8.67. The Balaban J connectivity index is 1.93. The van der Waals surface area contributed by atoms with Crippen LogP contribution in [-0.4, -0.2) is 47.4 Å². The number of aliphatic hydroxyl groups is 1. The lowest BCUT2D eigenvalue weighted by molar-refractivity contribution is -0.132. The molecule has 39 heavy (non-hydrogen) atoms. The molecule has 0 saturated carbocycles. The average Bonchev–Trinajstić information content (AvgIpc) is 3.42. The molecule has 1 atom stereocenters. The summed E-state index contributed by atoms with van der Waals surface area (Å²) in [7, 11) is 0. The number of thiazole rings is 1. The van der Waals surface area contributed by atoms with Crippen LogP contribution in [0.1, 0.15) is 60.2 Å². The maximum absolute atomic E-state index is 13.5. The first-order chi connectivity index (χ1) is 18.7. The second kappa shape index (κ2) is 11.7. The predicted molar refractivity (Wildman–Crippen MR) is 148 cm³/mol. The van der Waals surface area contributed by atoms with Gasteiger partial charge in [0.15, 0.2) is 22.4 Å². The molecule has 2 heterocycles. The Morgan fingerprint density at radius 2 is 1.62 bits per heavy atom. The molecule has 1 amide bonds. The van der Waals surface area contributed by atoms with E-state index >= 15 is 0 Å². The molecule has 0 radical (unpaired) electrons. The van der Waals surface area contributed by atoms with E-state index in [2.05, 4.69) is 4.98 Å². The highest BCUT2D eigenvalue weighted by Gasteiger charge is 2.48. The Morgan fingerprint density at radius 3 is 2.21 bits per heavy atom. The normalized spacial score (nSPS) is 16.4. The number of nitrogens with zero attached hydrogens (tertiary/aromatic N) is 2. The summed E-state index contributed by atoms with van der Waals surface area (Å²) >= 11 is 1.03. The van der Waals surface area contributed by atoms with E-state index in [4.69, 9.17) is 14.2 Å². The third-order valence-electron chi connectivity index (χ3n) is 6.08. The number of ether oxygens (including phenoxy) is 3. The molecule has 0 bridgehead atoms. The maximum atomic E-state index is 13.5. The summed E-state index contributed by atoms with van der Waals surface area (Å²) in [6, 6.07) is 10.7. The van der Waals surface area contributed by atoms with Crippen LogP contribution < -0.4 is 19.1 Å². The van der Waals surface area contributed by atoms with Crippen molar-refractivity contribution in [3.05, 3.63) is 69.7 Å². The van der Waals surface area contributed by atoms with Crippen LogP contribution >= 0.6 is 11.3 Å². The zero-order valence-electron chi connectivity index (χ0n) is 22.4. The van der Waals surface area contributed by atoms with Crippen molar-refractivity contribution in [3.8, 4) is 17.2 Å². The monoisotopic (exact) mass is 550 g/mol. The van der Waals surface area contributed by atoms with E-state index in [9.17, 15) is 19.5 Å². The van der Waals surface area contributed by atoms with Gasteiger partial charge < -0.3 is 19.3 Å². The molecular weight excluding hydrogens is 520 g/mol. The maximum Gasteiger partial charge on any atom is 0.301 e. The van der Waals surface area contributed by atoms with Crippen molar-refractivity contribution >= 4 is 39.7 Å². The molecule has 204 valence electrons. The van der Waals surface area contributed by atoms with Gasteiger partial charge in [0.05, 0.1) is 42.0 Å².